The zero-order valence-electron chi connectivity index (χ0n) is 11.7. The lowest BCUT2D eigenvalue weighted by Crippen LogP contribution is -1.91. The van der Waals surface area contributed by atoms with Gasteiger partial charge in [-0.25, -0.2) is 0 Å². The van der Waals surface area contributed by atoms with E-state index in [9.17, 15) is 14.9 Å². The first-order chi connectivity index (χ1) is 11.0. The summed E-state index contributed by atoms with van der Waals surface area (Å²) in [6.45, 7) is 0. The second-order valence-corrected chi connectivity index (χ2v) is 5.76. The quantitative estimate of drug-likeness (QED) is 0.280. The summed E-state index contributed by atoms with van der Waals surface area (Å²) in [5.74, 6) is -0.0800. The molecule has 0 saturated carbocycles. The molecular formula is C17H10BrNO4. The van der Waals surface area contributed by atoms with E-state index in [0.717, 1.165) is 9.86 Å². The molecule has 0 atom stereocenters. The Hall–Kier alpha value is -2.73. The van der Waals surface area contributed by atoms with Crippen LogP contribution >= 0.6 is 15.9 Å². The van der Waals surface area contributed by atoms with Crippen molar-refractivity contribution in [3.8, 4) is 0 Å². The van der Waals surface area contributed by atoms with Crippen LogP contribution in [-0.2, 0) is 0 Å². The Kier molecular flexibility index (Phi) is 4.08. The predicted octanol–water partition coefficient (Wildman–Crippen LogP) is 5.00. The summed E-state index contributed by atoms with van der Waals surface area (Å²) < 4.78 is 6.41. The standard InChI is InChI=1S/C17H10BrNO4/c18-13-5-7-16-12(9-13)10-17(23-16)15(20)6-4-11-2-1-3-14(8-11)19(21)22/h1-10H/b6-4+. The minimum absolute atomic E-state index is 0.0202. The van der Waals surface area contributed by atoms with E-state index < -0.39 is 4.92 Å². The van der Waals surface area contributed by atoms with Crippen molar-refractivity contribution in [2.24, 2.45) is 0 Å². The fourth-order valence-corrected chi connectivity index (χ4v) is 2.51. The molecule has 0 amide bonds. The van der Waals surface area contributed by atoms with E-state index in [2.05, 4.69) is 15.9 Å². The number of benzene rings is 2. The van der Waals surface area contributed by atoms with Crippen LogP contribution in [0.1, 0.15) is 16.1 Å². The maximum absolute atomic E-state index is 12.2. The number of rotatable bonds is 4. The Bertz CT molecular complexity index is 943. The molecule has 0 radical (unpaired) electrons. The predicted molar refractivity (Wildman–Crippen MR) is 90.4 cm³/mol. The molecular weight excluding hydrogens is 362 g/mol. The Morgan fingerprint density at radius 1 is 1.17 bits per heavy atom. The third-order valence-electron chi connectivity index (χ3n) is 3.23. The van der Waals surface area contributed by atoms with Crippen molar-refractivity contribution in [1.29, 1.82) is 0 Å². The van der Waals surface area contributed by atoms with Crippen molar-refractivity contribution in [2.45, 2.75) is 0 Å². The number of carbonyl (C=O) groups excluding carboxylic acids is 1. The van der Waals surface area contributed by atoms with Gasteiger partial charge < -0.3 is 4.42 Å². The van der Waals surface area contributed by atoms with E-state index >= 15 is 0 Å². The van der Waals surface area contributed by atoms with Crippen LogP contribution < -0.4 is 0 Å². The first kappa shape index (κ1) is 15.2. The third-order valence-corrected chi connectivity index (χ3v) is 3.72. The Morgan fingerprint density at radius 3 is 2.78 bits per heavy atom. The first-order valence-electron chi connectivity index (χ1n) is 6.69. The summed E-state index contributed by atoms with van der Waals surface area (Å²) in [6.07, 6.45) is 2.87. The Morgan fingerprint density at radius 2 is 2.00 bits per heavy atom. The van der Waals surface area contributed by atoms with Crippen molar-refractivity contribution < 1.29 is 14.1 Å². The summed E-state index contributed by atoms with van der Waals surface area (Å²) >= 11 is 3.36. The van der Waals surface area contributed by atoms with Gasteiger partial charge in [-0.15, -0.1) is 0 Å². The number of fused-ring (bicyclic) bond motifs is 1. The second-order valence-electron chi connectivity index (χ2n) is 4.84. The summed E-state index contributed by atoms with van der Waals surface area (Å²) in [5.41, 5.74) is 1.18. The number of non-ortho nitro benzene ring substituents is 1. The fraction of sp³-hybridized carbons (Fsp3) is 0. The van der Waals surface area contributed by atoms with E-state index in [1.807, 2.05) is 12.1 Å². The van der Waals surface area contributed by atoms with Crippen LogP contribution in [0.2, 0.25) is 0 Å². The van der Waals surface area contributed by atoms with Crippen LogP contribution in [0.25, 0.3) is 17.0 Å². The molecule has 3 rings (SSSR count). The van der Waals surface area contributed by atoms with E-state index in [1.54, 1.807) is 24.3 Å². The van der Waals surface area contributed by atoms with Crippen molar-refractivity contribution in [2.75, 3.05) is 0 Å². The molecule has 0 saturated heterocycles. The van der Waals surface area contributed by atoms with Crippen LogP contribution in [0.4, 0.5) is 5.69 Å². The Balaban J connectivity index is 1.85. The number of hydrogen-bond acceptors (Lipinski definition) is 4. The topological polar surface area (TPSA) is 73.3 Å². The number of nitro groups is 1. The second kappa shape index (κ2) is 6.18. The average molecular weight is 372 g/mol. The van der Waals surface area contributed by atoms with Gasteiger partial charge in [0.15, 0.2) is 5.76 Å². The van der Waals surface area contributed by atoms with Crippen molar-refractivity contribution in [3.63, 3.8) is 0 Å². The normalized spacial score (nSPS) is 11.2. The van der Waals surface area contributed by atoms with Gasteiger partial charge in [0.25, 0.3) is 5.69 Å². The maximum atomic E-state index is 12.2. The minimum atomic E-state index is -0.476. The highest BCUT2D eigenvalue weighted by Crippen LogP contribution is 2.24. The monoisotopic (exact) mass is 371 g/mol. The molecule has 23 heavy (non-hydrogen) atoms. The molecule has 3 aromatic rings. The van der Waals surface area contributed by atoms with Gasteiger partial charge in [0.05, 0.1) is 4.92 Å². The number of nitro benzene ring substituents is 1. The van der Waals surface area contributed by atoms with Gasteiger partial charge >= 0.3 is 0 Å². The summed E-state index contributed by atoms with van der Waals surface area (Å²) in [7, 11) is 0. The van der Waals surface area contributed by atoms with E-state index in [-0.39, 0.29) is 17.2 Å². The van der Waals surface area contributed by atoms with Crippen LogP contribution in [0, 0.1) is 10.1 Å². The molecule has 114 valence electrons. The number of halogens is 1. The molecule has 0 aliphatic heterocycles. The highest BCUT2D eigenvalue weighted by atomic mass is 79.9. The zero-order chi connectivity index (χ0) is 16.4. The molecule has 5 nitrogen and oxygen atoms in total. The Labute approximate surface area is 139 Å². The van der Waals surface area contributed by atoms with Crippen LogP contribution in [0.3, 0.4) is 0 Å². The summed E-state index contributed by atoms with van der Waals surface area (Å²) in [5, 5.41) is 11.6. The SMILES string of the molecule is O=C(/C=C/c1cccc([N+](=O)[O-])c1)c1cc2cc(Br)ccc2o1. The number of furan rings is 1. The van der Waals surface area contributed by atoms with Crippen LogP contribution in [0.5, 0.6) is 0 Å². The van der Waals surface area contributed by atoms with Gasteiger partial charge in [-0.2, -0.15) is 0 Å². The lowest BCUT2D eigenvalue weighted by atomic mass is 10.1. The number of nitrogens with zero attached hydrogens (tertiary/aromatic N) is 1. The van der Waals surface area contributed by atoms with Gasteiger partial charge in [0.2, 0.25) is 5.78 Å². The average Bonchev–Trinajstić information content (AvgIpc) is 2.96. The van der Waals surface area contributed by atoms with E-state index in [4.69, 9.17) is 4.42 Å². The number of carbonyl (C=O) groups is 1. The minimum Gasteiger partial charge on any atom is -0.453 e. The number of ketones is 1. The molecule has 1 heterocycles. The molecule has 0 fully saturated rings. The lowest BCUT2D eigenvalue weighted by Gasteiger charge is -1.94. The lowest BCUT2D eigenvalue weighted by molar-refractivity contribution is -0.384. The first-order valence-corrected chi connectivity index (χ1v) is 7.48. The van der Waals surface area contributed by atoms with Gasteiger partial charge in [-0.05, 0) is 35.9 Å². The molecule has 0 aliphatic carbocycles. The largest absolute Gasteiger partial charge is 0.453 e. The zero-order valence-corrected chi connectivity index (χ0v) is 13.3. The van der Waals surface area contributed by atoms with Crippen LogP contribution in [0.15, 0.2) is 63.5 Å². The number of hydrogen-bond donors (Lipinski definition) is 0. The van der Waals surface area contributed by atoms with Gasteiger partial charge in [0, 0.05) is 22.0 Å². The summed E-state index contributed by atoms with van der Waals surface area (Å²) in [6, 6.07) is 13.2. The van der Waals surface area contributed by atoms with Crippen molar-refractivity contribution >= 4 is 44.4 Å². The molecule has 0 aliphatic rings. The highest BCUT2D eigenvalue weighted by molar-refractivity contribution is 9.10. The molecule has 0 N–H and O–H groups in total. The molecule has 1 aromatic heterocycles. The van der Waals surface area contributed by atoms with Crippen LogP contribution in [-0.4, -0.2) is 10.7 Å². The molecule has 6 heteroatoms. The molecule has 0 unspecified atom stereocenters. The van der Waals surface area contributed by atoms with E-state index in [1.165, 1.54) is 24.3 Å². The molecule has 2 aromatic carbocycles. The smallest absolute Gasteiger partial charge is 0.270 e. The van der Waals surface area contributed by atoms with Gasteiger partial charge in [-0.1, -0.05) is 34.1 Å². The molecule has 0 bridgehead atoms. The van der Waals surface area contributed by atoms with Gasteiger partial charge in [0.1, 0.15) is 5.58 Å². The maximum Gasteiger partial charge on any atom is 0.270 e. The van der Waals surface area contributed by atoms with Crippen molar-refractivity contribution in [3.05, 3.63) is 80.5 Å². The van der Waals surface area contributed by atoms with Gasteiger partial charge in [-0.3, -0.25) is 14.9 Å². The summed E-state index contributed by atoms with van der Waals surface area (Å²) in [4.78, 5) is 22.4. The fourth-order valence-electron chi connectivity index (χ4n) is 2.13. The molecule has 0 spiro atoms. The third kappa shape index (κ3) is 3.37. The van der Waals surface area contributed by atoms with Crippen molar-refractivity contribution in [1.82, 2.24) is 0 Å². The number of allylic oxidation sites excluding steroid dienone is 1. The van der Waals surface area contributed by atoms with E-state index in [0.29, 0.717) is 11.1 Å². The highest BCUT2D eigenvalue weighted by Gasteiger charge is 2.10.